The lowest BCUT2D eigenvalue weighted by atomic mass is 9.86. The summed E-state index contributed by atoms with van der Waals surface area (Å²) in [5.74, 6) is -6.16. The quantitative estimate of drug-likeness (QED) is 0.278. The van der Waals surface area contributed by atoms with Crippen molar-refractivity contribution in [2.45, 2.75) is 43.6 Å². The number of methoxy groups -OCH3 is 3. The molecule has 0 bridgehead atoms. The average Bonchev–Trinajstić information content (AvgIpc) is 2.89. The fourth-order valence-electron chi connectivity index (χ4n) is 4.24. The number of carbonyl (C=O) groups excluding carboxylic acids is 4. The number of ether oxygens (including phenoxy) is 3. The molecule has 2 rings (SSSR count). The van der Waals surface area contributed by atoms with Crippen LogP contribution in [0.1, 0.15) is 31.4 Å². The smallest absolute Gasteiger partial charge is 0.467 e. The van der Waals surface area contributed by atoms with Gasteiger partial charge in [-0.3, -0.25) is 4.79 Å². The van der Waals surface area contributed by atoms with Gasteiger partial charge in [-0.1, -0.05) is 49.0 Å². The van der Waals surface area contributed by atoms with Gasteiger partial charge in [-0.2, -0.15) is 13.2 Å². The van der Waals surface area contributed by atoms with E-state index in [1.54, 1.807) is 36.4 Å². The minimum atomic E-state index is -5.44. The van der Waals surface area contributed by atoms with Crippen molar-refractivity contribution in [3.8, 4) is 0 Å². The minimum absolute atomic E-state index is 0.211. The van der Waals surface area contributed by atoms with Gasteiger partial charge >= 0.3 is 30.0 Å². The number of nitrogens with zero attached hydrogens (tertiary/aromatic N) is 1. The van der Waals surface area contributed by atoms with Crippen LogP contribution in [0.2, 0.25) is 0 Å². The molecule has 2 aromatic rings. The number of esters is 3. The molecule has 38 heavy (non-hydrogen) atoms. The van der Waals surface area contributed by atoms with Crippen molar-refractivity contribution in [3.63, 3.8) is 0 Å². The van der Waals surface area contributed by atoms with Crippen LogP contribution in [0.3, 0.4) is 0 Å². The monoisotopic (exact) mass is 539 g/mol. The molecule has 1 N–H and O–H groups in total. The van der Waals surface area contributed by atoms with Gasteiger partial charge in [-0.15, -0.1) is 0 Å². The summed E-state index contributed by atoms with van der Waals surface area (Å²) < 4.78 is 55.4. The predicted molar refractivity (Wildman–Crippen MR) is 128 cm³/mol. The van der Waals surface area contributed by atoms with Crippen molar-refractivity contribution in [1.29, 1.82) is 0 Å². The van der Waals surface area contributed by atoms with Crippen LogP contribution in [0, 0.1) is 0 Å². The highest BCUT2D eigenvalue weighted by Crippen LogP contribution is 2.36. The van der Waals surface area contributed by atoms with E-state index in [0.717, 1.165) is 21.3 Å². The van der Waals surface area contributed by atoms with Crippen molar-refractivity contribution < 1.29 is 51.7 Å². The first kappa shape index (κ1) is 30.3. The van der Waals surface area contributed by atoms with Crippen LogP contribution in [-0.2, 0) is 33.4 Å². The number of hydrogen-bond donors (Lipinski definition) is 1. The van der Waals surface area contributed by atoms with Gasteiger partial charge in [0.25, 0.3) is 0 Å². The van der Waals surface area contributed by atoms with Crippen LogP contribution in [-0.4, -0.2) is 73.0 Å². The first-order valence-corrected chi connectivity index (χ1v) is 11.2. The summed E-state index contributed by atoms with van der Waals surface area (Å²) in [6.45, 7) is 4.69. The summed E-state index contributed by atoms with van der Waals surface area (Å²) in [6, 6.07) is 7.96. The van der Waals surface area contributed by atoms with Gasteiger partial charge in [0.05, 0.1) is 27.4 Å². The van der Waals surface area contributed by atoms with Crippen molar-refractivity contribution >= 4 is 34.6 Å². The lowest BCUT2D eigenvalue weighted by Gasteiger charge is -2.39. The number of benzene rings is 2. The summed E-state index contributed by atoms with van der Waals surface area (Å²) in [5.41, 5.74) is -2.93. The van der Waals surface area contributed by atoms with Crippen LogP contribution in [0.15, 0.2) is 54.6 Å². The molecule has 0 aromatic heterocycles. The topological polar surface area (TPSA) is 119 Å². The number of amides is 1. The molecule has 0 unspecified atom stereocenters. The Labute approximate surface area is 216 Å². The van der Waals surface area contributed by atoms with Crippen LogP contribution < -0.4 is 0 Å². The largest absolute Gasteiger partial charge is 0.471 e. The molecule has 0 spiro atoms. The standard InChI is InChI=1S/C26H28F3NO8/c1-15(21(31)36-3)13-25(35,24(34)38-5)14-20(22(32)37-4)30(23(33)26(27,28)29)16(2)18-12-8-10-17-9-6-7-11-19(17)18/h6-12,16,20,35H,1,13-14H2,2-5H3/t16-,20+,25+/m1/s1. The van der Waals surface area contributed by atoms with E-state index in [9.17, 15) is 37.5 Å². The lowest BCUT2D eigenvalue weighted by Crippen LogP contribution is -2.56. The Bertz CT molecular complexity index is 1220. The van der Waals surface area contributed by atoms with Gasteiger partial charge in [0.1, 0.15) is 6.04 Å². The number of hydrogen-bond acceptors (Lipinski definition) is 8. The maximum Gasteiger partial charge on any atom is 0.471 e. The molecule has 0 heterocycles. The minimum Gasteiger partial charge on any atom is -0.467 e. The fourth-order valence-corrected chi connectivity index (χ4v) is 4.24. The number of halogens is 3. The molecule has 0 saturated carbocycles. The number of aliphatic hydroxyl groups is 1. The third-order valence-corrected chi connectivity index (χ3v) is 6.05. The molecule has 2 aromatic carbocycles. The molecule has 3 atom stereocenters. The molecule has 0 aliphatic rings. The van der Waals surface area contributed by atoms with Gasteiger partial charge in [-0.05, 0) is 23.3 Å². The number of alkyl halides is 3. The van der Waals surface area contributed by atoms with Crippen molar-refractivity contribution in [2.75, 3.05) is 21.3 Å². The summed E-state index contributed by atoms with van der Waals surface area (Å²) in [6.07, 6.45) is -7.42. The van der Waals surface area contributed by atoms with E-state index in [1.807, 2.05) is 0 Å². The Hall–Kier alpha value is -3.93. The number of carbonyl (C=O) groups is 4. The zero-order valence-electron chi connectivity index (χ0n) is 21.2. The fraction of sp³-hybridized carbons (Fsp3) is 0.385. The third-order valence-electron chi connectivity index (χ3n) is 6.05. The molecule has 0 saturated heterocycles. The lowest BCUT2D eigenvalue weighted by molar-refractivity contribution is -0.195. The first-order chi connectivity index (χ1) is 17.7. The first-order valence-electron chi connectivity index (χ1n) is 11.2. The molecule has 1 amide bonds. The average molecular weight is 540 g/mol. The molecular weight excluding hydrogens is 511 g/mol. The van der Waals surface area contributed by atoms with Gasteiger partial charge in [0.2, 0.25) is 0 Å². The summed E-state index contributed by atoms with van der Waals surface area (Å²) in [7, 11) is 2.77. The summed E-state index contributed by atoms with van der Waals surface area (Å²) >= 11 is 0. The molecule has 12 heteroatoms. The van der Waals surface area contributed by atoms with E-state index in [-0.39, 0.29) is 10.5 Å². The highest BCUT2D eigenvalue weighted by atomic mass is 19.4. The maximum absolute atomic E-state index is 13.9. The predicted octanol–water partition coefficient (Wildman–Crippen LogP) is 3.25. The van der Waals surface area contributed by atoms with Crippen molar-refractivity contribution in [1.82, 2.24) is 4.90 Å². The van der Waals surface area contributed by atoms with Gasteiger partial charge < -0.3 is 24.2 Å². The van der Waals surface area contributed by atoms with Crippen LogP contribution in [0.25, 0.3) is 10.8 Å². The van der Waals surface area contributed by atoms with Gasteiger partial charge in [-0.25, -0.2) is 14.4 Å². The zero-order valence-corrected chi connectivity index (χ0v) is 21.2. The second-order valence-electron chi connectivity index (χ2n) is 8.49. The van der Waals surface area contributed by atoms with Gasteiger partial charge in [0, 0.05) is 18.4 Å². The van der Waals surface area contributed by atoms with Crippen molar-refractivity contribution in [2.24, 2.45) is 0 Å². The number of fused-ring (bicyclic) bond motifs is 1. The van der Waals surface area contributed by atoms with Crippen LogP contribution >= 0.6 is 0 Å². The van der Waals surface area contributed by atoms with E-state index in [2.05, 4.69) is 20.8 Å². The second kappa shape index (κ2) is 12.1. The Morgan fingerprint density at radius 2 is 1.58 bits per heavy atom. The molecule has 0 aliphatic heterocycles. The third kappa shape index (κ3) is 6.49. The Morgan fingerprint density at radius 3 is 2.13 bits per heavy atom. The second-order valence-corrected chi connectivity index (χ2v) is 8.49. The van der Waals surface area contributed by atoms with Crippen molar-refractivity contribution in [3.05, 3.63) is 60.2 Å². The Kier molecular flexibility index (Phi) is 9.63. The highest BCUT2D eigenvalue weighted by Gasteiger charge is 2.52. The normalized spacial score (nSPS) is 14.5. The molecule has 206 valence electrons. The summed E-state index contributed by atoms with van der Waals surface area (Å²) in [5, 5.41) is 12.4. The Morgan fingerprint density at radius 1 is 0.974 bits per heavy atom. The maximum atomic E-state index is 13.9. The SMILES string of the molecule is C=C(C[C@](O)(C[C@@H](C(=O)OC)N(C(=O)C(F)(F)F)[C@H](C)c1cccc2ccccc12)C(=O)OC)C(=O)OC. The van der Waals surface area contributed by atoms with E-state index in [4.69, 9.17) is 0 Å². The van der Waals surface area contributed by atoms with Gasteiger partial charge in [0.15, 0.2) is 5.60 Å². The molecule has 0 radical (unpaired) electrons. The Balaban J connectivity index is 2.72. The number of rotatable bonds is 10. The molecular formula is C26H28F3NO8. The summed E-state index contributed by atoms with van der Waals surface area (Å²) in [4.78, 5) is 50.3. The zero-order chi connectivity index (χ0) is 28.8. The molecule has 0 fully saturated rings. The highest BCUT2D eigenvalue weighted by molar-refractivity contribution is 5.92. The van der Waals surface area contributed by atoms with E-state index < -0.39 is 66.1 Å². The molecule has 9 nitrogen and oxygen atoms in total. The van der Waals surface area contributed by atoms with Crippen LogP contribution in [0.5, 0.6) is 0 Å². The van der Waals surface area contributed by atoms with E-state index in [1.165, 1.54) is 13.0 Å². The van der Waals surface area contributed by atoms with Crippen LogP contribution in [0.4, 0.5) is 13.2 Å². The van der Waals surface area contributed by atoms with E-state index in [0.29, 0.717) is 10.8 Å². The van der Waals surface area contributed by atoms with E-state index >= 15 is 0 Å². The molecule has 0 aliphatic carbocycles.